The van der Waals surface area contributed by atoms with Crippen LogP contribution in [-0.4, -0.2) is 11.2 Å². The van der Waals surface area contributed by atoms with E-state index >= 15 is 0 Å². The molecule has 0 unspecified atom stereocenters. The molecule has 0 aliphatic carbocycles. The first-order valence-corrected chi connectivity index (χ1v) is 6.11. The smallest absolute Gasteiger partial charge is 0.146 e. The van der Waals surface area contributed by atoms with E-state index in [0.29, 0.717) is 0 Å². The Kier molecular flexibility index (Phi) is 3.19. The van der Waals surface area contributed by atoms with E-state index in [1.165, 1.54) is 10.8 Å². The highest BCUT2D eigenvalue weighted by Gasteiger charge is 1.96. The maximum Gasteiger partial charge on any atom is 0.146 e. The number of rotatable bonds is 3. The molecule has 1 N–H and O–H groups in total. The van der Waals surface area contributed by atoms with E-state index in [4.69, 9.17) is 0 Å². The number of hydrogen-bond acceptors (Lipinski definition) is 3. The molecule has 92 valence electrons. The highest BCUT2D eigenvalue weighted by molar-refractivity contribution is 5.99. The van der Waals surface area contributed by atoms with Crippen molar-refractivity contribution in [3.63, 3.8) is 0 Å². The van der Waals surface area contributed by atoms with Gasteiger partial charge in [-0.3, -0.25) is 5.43 Å². The molecule has 0 aliphatic rings. The van der Waals surface area contributed by atoms with Gasteiger partial charge < -0.3 is 0 Å². The monoisotopic (exact) mass is 247 g/mol. The first-order valence-electron chi connectivity index (χ1n) is 6.11. The molecule has 3 heteroatoms. The summed E-state index contributed by atoms with van der Waals surface area (Å²) < 4.78 is 0. The Morgan fingerprint density at radius 2 is 1.74 bits per heavy atom. The molecule has 19 heavy (non-hydrogen) atoms. The zero-order valence-corrected chi connectivity index (χ0v) is 10.3. The van der Waals surface area contributed by atoms with Gasteiger partial charge in [-0.05, 0) is 22.9 Å². The normalized spacial score (nSPS) is 10.9. The number of pyridine rings is 1. The van der Waals surface area contributed by atoms with Crippen LogP contribution in [0.2, 0.25) is 0 Å². The van der Waals surface area contributed by atoms with Crippen molar-refractivity contribution in [3.05, 3.63) is 72.4 Å². The molecule has 3 nitrogen and oxygen atoms in total. The average Bonchev–Trinajstić information content (AvgIpc) is 2.49. The highest BCUT2D eigenvalue weighted by Crippen LogP contribution is 2.16. The first kappa shape index (κ1) is 11.4. The van der Waals surface area contributed by atoms with Gasteiger partial charge in [0.2, 0.25) is 0 Å². The topological polar surface area (TPSA) is 37.3 Å². The van der Waals surface area contributed by atoms with Crippen molar-refractivity contribution in [2.75, 3.05) is 5.43 Å². The van der Waals surface area contributed by atoms with Crippen molar-refractivity contribution in [3.8, 4) is 0 Å². The molecular weight excluding hydrogens is 234 g/mol. The van der Waals surface area contributed by atoms with Gasteiger partial charge in [0, 0.05) is 11.8 Å². The molecular formula is C16H13N3. The van der Waals surface area contributed by atoms with E-state index in [9.17, 15) is 0 Å². The van der Waals surface area contributed by atoms with Gasteiger partial charge in [-0.25, -0.2) is 4.98 Å². The Labute approximate surface area is 111 Å². The van der Waals surface area contributed by atoms with E-state index in [-0.39, 0.29) is 0 Å². The van der Waals surface area contributed by atoms with E-state index in [1.54, 1.807) is 6.20 Å². The van der Waals surface area contributed by atoms with Crippen LogP contribution in [0.4, 0.5) is 5.82 Å². The summed E-state index contributed by atoms with van der Waals surface area (Å²) in [6.07, 6.45) is 3.55. The van der Waals surface area contributed by atoms with E-state index in [0.717, 1.165) is 11.4 Å². The average molecular weight is 247 g/mol. The third-order valence-corrected chi connectivity index (χ3v) is 2.87. The molecule has 0 bridgehead atoms. The molecule has 1 heterocycles. The second kappa shape index (κ2) is 5.31. The number of benzene rings is 2. The molecule has 0 fully saturated rings. The molecule has 0 radical (unpaired) electrons. The van der Waals surface area contributed by atoms with Crippen LogP contribution in [-0.2, 0) is 0 Å². The summed E-state index contributed by atoms with van der Waals surface area (Å²) in [4.78, 5) is 4.15. The summed E-state index contributed by atoms with van der Waals surface area (Å²) in [5.74, 6) is 0.735. The number of nitrogens with zero attached hydrogens (tertiary/aromatic N) is 2. The minimum absolute atomic E-state index is 0.735. The van der Waals surface area contributed by atoms with E-state index in [1.807, 2.05) is 48.7 Å². The van der Waals surface area contributed by atoms with Gasteiger partial charge >= 0.3 is 0 Å². The van der Waals surface area contributed by atoms with Crippen LogP contribution in [0, 0.1) is 0 Å². The Hall–Kier alpha value is -2.68. The van der Waals surface area contributed by atoms with Crippen molar-refractivity contribution < 1.29 is 0 Å². The summed E-state index contributed by atoms with van der Waals surface area (Å²) in [6.45, 7) is 0. The molecule has 0 aliphatic heterocycles. The fraction of sp³-hybridized carbons (Fsp3) is 0. The van der Waals surface area contributed by atoms with Crippen LogP contribution in [0.1, 0.15) is 5.56 Å². The molecule has 0 saturated carbocycles. The lowest BCUT2D eigenvalue weighted by atomic mass is 10.1. The van der Waals surface area contributed by atoms with Gasteiger partial charge in [0.15, 0.2) is 0 Å². The Morgan fingerprint density at radius 1 is 0.895 bits per heavy atom. The fourth-order valence-electron chi connectivity index (χ4n) is 1.96. The predicted octanol–water partition coefficient (Wildman–Crippen LogP) is 3.68. The van der Waals surface area contributed by atoms with E-state index in [2.05, 4.69) is 33.7 Å². The number of hydrogen-bond donors (Lipinski definition) is 1. The van der Waals surface area contributed by atoms with Gasteiger partial charge in [-0.2, -0.15) is 5.10 Å². The van der Waals surface area contributed by atoms with Crippen LogP contribution in [0.3, 0.4) is 0 Å². The minimum Gasteiger partial charge on any atom is -0.261 e. The quantitative estimate of drug-likeness (QED) is 0.566. The maximum absolute atomic E-state index is 4.22. The molecule has 2 aromatic carbocycles. The molecule has 1 aromatic heterocycles. The zero-order chi connectivity index (χ0) is 12.9. The number of anilines is 1. The Balaban J connectivity index is 1.85. The number of fused-ring (bicyclic) bond motifs is 1. The largest absolute Gasteiger partial charge is 0.261 e. The molecule has 0 spiro atoms. The summed E-state index contributed by atoms with van der Waals surface area (Å²) in [7, 11) is 0. The molecule has 3 aromatic rings. The Bertz CT molecular complexity index is 700. The molecule has 0 saturated heterocycles. The van der Waals surface area contributed by atoms with Crippen LogP contribution in [0.15, 0.2) is 72.0 Å². The second-order valence-electron chi connectivity index (χ2n) is 4.15. The predicted molar refractivity (Wildman–Crippen MR) is 79.4 cm³/mol. The Morgan fingerprint density at radius 3 is 2.63 bits per heavy atom. The standard InChI is InChI=1S/C16H13N3/c1-2-9-15-13(6-1)7-5-8-14(15)12-18-19-16-10-3-4-11-17-16/h1-12H,(H,17,19)/b18-12+. The lowest BCUT2D eigenvalue weighted by Gasteiger charge is -2.01. The molecule has 3 rings (SSSR count). The van der Waals surface area contributed by atoms with Gasteiger partial charge in [0.05, 0.1) is 6.21 Å². The third kappa shape index (κ3) is 2.60. The van der Waals surface area contributed by atoms with Crippen LogP contribution >= 0.6 is 0 Å². The van der Waals surface area contributed by atoms with Crippen molar-refractivity contribution in [1.29, 1.82) is 0 Å². The van der Waals surface area contributed by atoms with Gasteiger partial charge in [0.25, 0.3) is 0 Å². The number of hydrazone groups is 1. The molecule has 0 amide bonds. The summed E-state index contributed by atoms with van der Waals surface area (Å²) in [5, 5.41) is 6.63. The molecule has 0 atom stereocenters. The maximum atomic E-state index is 4.22. The van der Waals surface area contributed by atoms with Crippen molar-refractivity contribution in [2.24, 2.45) is 5.10 Å². The van der Waals surface area contributed by atoms with Gasteiger partial charge in [-0.1, -0.05) is 48.5 Å². The number of aromatic nitrogens is 1. The van der Waals surface area contributed by atoms with Crippen LogP contribution in [0.5, 0.6) is 0 Å². The minimum atomic E-state index is 0.735. The number of nitrogens with one attached hydrogen (secondary N) is 1. The van der Waals surface area contributed by atoms with Gasteiger partial charge in [-0.15, -0.1) is 0 Å². The van der Waals surface area contributed by atoms with Crippen LogP contribution in [0.25, 0.3) is 10.8 Å². The zero-order valence-electron chi connectivity index (χ0n) is 10.3. The van der Waals surface area contributed by atoms with Gasteiger partial charge in [0.1, 0.15) is 5.82 Å². The van der Waals surface area contributed by atoms with Crippen molar-refractivity contribution in [2.45, 2.75) is 0 Å². The fourth-order valence-corrected chi connectivity index (χ4v) is 1.96. The summed E-state index contributed by atoms with van der Waals surface area (Å²) in [6, 6.07) is 20.1. The summed E-state index contributed by atoms with van der Waals surface area (Å²) >= 11 is 0. The lowest BCUT2D eigenvalue weighted by Crippen LogP contribution is -1.93. The lowest BCUT2D eigenvalue weighted by molar-refractivity contribution is 1.23. The SMILES string of the molecule is C(=N\Nc1ccccn1)/c1cccc2ccccc12. The third-order valence-electron chi connectivity index (χ3n) is 2.87. The highest BCUT2D eigenvalue weighted by atomic mass is 15.3. The first-order chi connectivity index (χ1) is 9.43. The van der Waals surface area contributed by atoms with Crippen LogP contribution < -0.4 is 5.43 Å². The van der Waals surface area contributed by atoms with Crippen molar-refractivity contribution >= 4 is 22.8 Å². The van der Waals surface area contributed by atoms with E-state index < -0.39 is 0 Å². The van der Waals surface area contributed by atoms with Crippen molar-refractivity contribution in [1.82, 2.24) is 4.98 Å². The second-order valence-corrected chi connectivity index (χ2v) is 4.15. The summed E-state index contributed by atoms with van der Waals surface area (Å²) in [5.41, 5.74) is 4.00.